The van der Waals surface area contributed by atoms with Crippen molar-refractivity contribution in [1.29, 1.82) is 0 Å². The fraction of sp³-hybridized carbons (Fsp3) is 0.250. The Balaban J connectivity index is 1.37. The highest BCUT2D eigenvalue weighted by molar-refractivity contribution is 6.90. The van der Waals surface area contributed by atoms with Crippen LogP contribution in [0.2, 0.25) is 0 Å². The first-order chi connectivity index (χ1) is 25.7. The lowest BCUT2D eigenvalue weighted by Gasteiger charge is -2.41. The molecular weight excluding hydrogens is 631 g/mol. The van der Waals surface area contributed by atoms with Crippen molar-refractivity contribution in [2.24, 2.45) is 0 Å². The van der Waals surface area contributed by atoms with Gasteiger partial charge in [0.25, 0.3) is 0 Å². The van der Waals surface area contributed by atoms with E-state index < -0.39 is 0 Å². The molecule has 0 fully saturated rings. The molecule has 0 saturated heterocycles. The van der Waals surface area contributed by atoms with Gasteiger partial charge in [0, 0.05) is 44.1 Å². The molecule has 0 unspecified atom stereocenters. The minimum atomic E-state index is 0.0241. The lowest BCUT2D eigenvalue weighted by Crippen LogP contribution is -2.56. The average Bonchev–Trinajstić information content (AvgIpc) is 3.73. The number of aryl methyl sites for hydroxylation is 3. The number of furan rings is 1. The van der Waals surface area contributed by atoms with Crippen molar-refractivity contribution < 1.29 is 4.42 Å². The standard InChI is InChI=1S/C48H45BN2O/c1-4-7-15-31-24-25-42-40(29-31)49-46-39(37-21-14-20-36-35-18-10-12-22-41(35)51(49)47(36)37)30-44-45(38-19-11-13-23-43(38)52-44)48(46)50(42)34-27-32(16-8-5-2)26-33(28-34)17-9-6-3/h10-14,18-30H,4-9,15-17H2,1-3H3. The predicted molar refractivity (Wildman–Crippen MR) is 223 cm³/mol. The molecule has 2 aliphatic rings. The first kappa shape index (κ1) is 31.5. The Morgan fingerprint density at radius 3 is 2.04 bits per heavy atom. The van der Waals surface area contributed by atoms with Gasteiger partial charge >= 0.3 is 6.85 Å². The summed E-state index contributed by atoms with van der Waals surface area (Å²) in [5, 5.41) is 5.02. The molecule has 0 N–H and O–H groups in total. The third kappa shape index (κ3) is 4.66. The number of benzene rings is 6. The monoisotopic (exact) mass is 676 g/mol. The number of fused-ring (bicyclic) bond motifs is 11. The Morgan fingerprint density at radius 1 is 0.577 bits per heavy atom. The number of nitrogens with zero attached hydrogens (tertiary/aromatic N) is 2. The first-order valence-corrected chi connectivity index (χ1v) is 19.7. The molecule has 6 aromatic carbocycles. The van der Waals surface area contributed by atoms with Crippen LogP contribution in [0.15, 0.2) is 114 Å². The highest BCUT2D eigenvalue weighted by Crippen LogP contribution is 2.50. The normalized spacial score (nSPS) is 13.1. The van der Waals surface area contributed by atoms with Gasteiger partial charge in [-0.05, 0) is 108 Å². The van der Waals surface area contributed by atoms with E-state index >= 15 is 0 Å². The van der Waals surface area contributed by atoms with Crippen LogP contribution in [0.4, 0.5) is 17.1 Å². The SMILES string of the molecule is CCCCc1cc(CCCC)cc(N2c3ccc(CCCC)cc3B3c4c(cc5oc6ccccc6c5c42)-c2cccc4c5ccccc5n3c24)c1. The van der Waals surface area contributed by atoms with Gasteiger partial charge in [-0.25, -0.2) is 0 Å². The van der Waals surface area contributed by atoms with Crippen LogP contribution in [-0.2, 0) is 19.3 Å². The molecule has 10 rings (SSSR count). The quantitative estimate of drug-likeness (QED) is 0.134. The van der Waals surface area contributed by atoms with E-state index in [2.05, 4.69) is 139 Å². The number of rotatable bonds is 10. The summed E-state index contributed by atoms with van der Waals surface area (Å²) in [5.41, 5.74) is 18.0. The van der Waals surface area contributed by atoms with E-state index in [9.17, 15) is 0 Å². The average molecular weight is 677 g/mol. The first-order valence-electron chi connectivity index (χ1n) is 19.7. The molecule has 4 heterocycles. The van der Waals surface area contributed by atoms with Gasteiger partial charge in [0.1, 0.15) is 11.2 Å². The fourth-order valence-electron chi connectivity index (χ4n) is 9.45. The van der Waals surface area contributed by atoms with Gasteiger partial charge in [0.05, 0.1) is 11.1 Å². The second-order valence-corrected chi connectivity index (χ2v) is 15.2. The molecule has 4 heteroatoms. The van der Waals surface area contributed by atoms with Crippen molar-refractivity contribution in [2.75, 3.05) is 4.90 Å². The molecule has 0 radical (unpaired) electrons. The summed E-state index contributed by atoms with van der Waals surface area (Å²) >= 11 is 0. The maximum atomic E-state index is 6.82. The van der Waals surface area contributed by atoms with Crippen molar-refractivity contribution in [1.82, 2.24) is 4.48 Å². The van der Waals surface area contributed by atoms with Crippen LogP contribution in [0, 0.1) is 0 Å². The van der Waals surface area contributed by atoms with Crippen LogP contribution < -0.4 is 15.8 Å². The van der Waals surface area contributed by atoms with Gasteiger partial charge in [-0.15, -0.1) is 0 Å². The summed E-state index contributed by atoms with van der Waals surface area (Å²) in [5.74, 6) is 0. The number of hydrogen-bond donors (Lipinski definition) is 0. The van der Waals surface area contributed by atoms with Gasteiger partial charge in [-0.3, -0.25) is 0 Å². The highest BCUT2D eigenvalue weighted by atomic mass is 16.3. The Morgan fingerprint density at radius 2 is 1.27 bits per heavy atom. The number of aromatic nitrogens is 1. The zero-order valence-corrected chi connectivity index (χ0v) is 30.6. The lowest BCUT2D eigenvalue weighted by molar-refractivity contribution is 0.669. The second kappa shape index (κ2) is 12.5. The van der Waals surface area contributed by atoms with E-state index in [1.54, 1.807) is 0 Å². The Labute approximate surface area is 307 Å². The number of anilines is 3. The molecule has 0 bridgehead atoms. The van der Waals surface area contributed by atoms with Crippen LogP contribution in [-0.4, -0.2) is 11.3 Å². The lowest BCUT2D eigenvalue weighted by atomic mass is 9.44. The summed E-state index contributed by atoms with van der Waals surface area (Å²) in [7, 11) is 0. The summed E-state index contributed by atoms with van der Waals surface area (Å²) < 4.78 is 9.50. The van der Waals surface area contributed by atoms with Crippen molar-refractivity contribution in [3.63, 3.8) is 0 Å². The molecule has 0 spiro atoms. The molecule has 52 heavy (non-hydrogen) atoms. The zero-order chi connectivity index (χ0) is 34.9. The molecule has 0 amide bonds. The van der Waals surface area contributed by atoms with E-state index in [1.165, 1.54) is 127 Å². The van der Waals surface area contributed by atoms with Gasteiger partial charge in [0.2, 0.25) is 0 Å². The third-order valence-electron chi connectivity index (χ3n) is 11.8. The van der Waals surface area contributed by atoms with Crippen LogP contribution in [0.1, 0.15) is 76.0 Å². The molecule has 0 atom stereocenters. The largest absolute Gasteiger partial charge is 0.456 e. The Hall–Kier alpha value is -5.22. The zero-order valence-electron chi connectivity index (χ0n) is 30.6. The smallest absolute Gasteiger partial charge is 0.333 e. The van der Waals surface area contributed by atoms with Crippen molar-refractivity contribution in [2.45, 2.75) is 78.6 Å². The topological polar surface area (TPSA) is 21.3 Å². The van der Waals surface area contributed by atoms with E-state index in [0.717, 1.165) is 30.4 Å². The van der Waals surface area contributed by atoms with Crippen molar-refractivity contribution >= 4 is 78.6 Å². The summed E-state index contributed by atoms with van der Waals surface area (Å²) in [6.07, 6.45) is 10.4. The van der Waals surface area contributed by atoms with E-state index in [0.29, 0.717) is 0 Å². The predicted octanol–water partition coefficient (Wildman–Crippen LogP) is 12.1. The third-order valence-corrected chi connectivity index (χ3v) is 11.8. The van der Waals surface area contributed by atoms with Crippen LogP contribution in [0.5, 0.6) is 0 Å². The maximum absolute atomic E-state index is 6.82. The maximum Gasteiger partial charge on any atom is 0.333 e. The number of hydrogen-bond acceptors (Lipinski definition) is 2. The Kier molecular flexibility index (Phi) is 7.56. The van der Waals surface area contributed by atoms with E-state index in [1.807, 2.05) is 0 Å². The number of unbranched alkanes of at least 4 members (excludes halogenated alkanes) is 3. The minimum absolute atomic E-state index is 0.0241. The van der Waals surface area contributed by atoms with E-state index in [-0.39, 0.29) is 6.85 Å². The summed E-state index contributed by atoms with van der Waals surface area (Å²) in [6, 6.07) is 41.8. The molecule has 0 saturated carbocycles. The van der Waals surface area contributed by atoms with Crippen molar-refractivity contribution in [3.8, 4) is 11.1 Å². The molecule has 3 nitrogen and oxygen atoms in total. The minimum Gasteiger partial charge on any atom is -0.456 e. The van der Waals surface area contributed by atoms with E-state index in [4.69, 9.17) is 4.42 Å². The van der Waals surface area contributed by atoms with Gasteiger partial charge in [-0.2, -0.15) is 0 Å². The van der Waals surface area contributed by atoms with Gasteiger partial charge in [-0.1, -0.05) is 113 Å². The molecular formula is C48H45BN2O. The summed E-state index contributed by atoms with van der Waals surface area (Å²) in [6.45, 7) is 6.92. The molecule has 2 aliphatic heterocycles. The second-order valence-electron chi connectivity index (χ2n) is 15.2. The molecule has 2 aromatic heterocycles. The Bertz CT molecular complexity index is 2650. The molecule has 8 aromatic rings. The molecule has 0 aliphatic carbocycles. The number of para-hydroxylation sites is 3. The molecule has 256 valence electrons. The summed E-state index contributed by atoms with van der Waals surface area (Å²) in [4.78, 5) is 2.64. The highest BCUT2D eigenvalue weighted by Gasteiger charge is 2.44. The van der Waals surface area contributed by atoms with Crippen LogP contribution >= 0.6 is 0 Å². The van der Waals surface area contributed by atoms with Crippen LogP contribution in [0.3, 0.4) is 0 Å². The van der Waals surface area contributed by atoms with Crippen molar-refractivity contribution in [3.05, 3.63) is 126 Å². The van der Waals surface area contributed by atoms with Gasteiger partial charge < -0.3 is 13.8 Å². The van der Waals surface area contributed by atoms with Crippen LogP contribution in [0.25, 0.3) is 54.9 Å². The fourth-order valence-corrected chi connectivity index (χ4v) is 9.45. The van der Waals surface area contributed by atoms with Gasteiger partial charge in [0.15, 0.2) is 0 Å².